The van der Waals surface area contributed by atoms with Gasteiger partial charge in [0.05, 0.1) is 46.2 Å². The molecule has 4 aliphatic heterocycles. The molecule has 4 fully saturated rings. The van der Waals surface area contributed by atoms with Gasteiger partial charge in [-0.25, -0.2) is 18.7 Å². The smallest absolute Gasteiger partial charge is 0.151 e. The van der Waals surface area contributed by atoms with E-state index in [4.69, 9.17) is 9.97 Å². The van der Waals surface area contributed by atoms with E-state index >= 15 is 8.78 Å². The summed E-state index contributed by atoms with van der Waals surface area (Å²) in [5, 5.41) is 7.10. The highest BCUT2D eigenvalue weighted by Crippen LogP contribution is 2.49. The van der Waals surface area contributed by atoms with Crippen LogP contribution in [0.2, 0.25) is 0 Å². The lowest BCUT2D eigenvalue weighted by Crippen LogP contribution is -2.35. The molecule has 4 aromatic carbocycles. The second-order valence-corrected chi connectivity index (χ2v) is 16.0. The third kappa shape index (κ3) is 6.33. The monoisotopic (exact) mass is 726 g/mol. The van der Waals surface area contributed by atoms with Gasteiger partial charge in [0.2, 0.25) is 0 Å². The van der Waals surface area contributed by atoms with Crippen LogP contribution in [0.5, 0.6) is 0 Å². The Morgan fingerprint density at radius 1 is 0.630 bits per heavy atom. The van der Waals surface area contributed by atoms with Crippen molar-refractivity contribution in [3.05, 3.63) is 119 Å². The van der Waals surface area contributed by atoms with E-state index in [1.54, 1.807) is 12.1 Å². The average Bonchev–Trinajstić information content (AvgIpc) is 4.04. The van der Waals surface area contributed by atoms with Crippen LogP contribution in [0.15, 0.2) is 78.9 Å². The Labute approximate surface area is 314 Å². The minimum Gasteiger partial charge on any atom is -0.367 e. The second-order valence-electron chi connectivity index (χ2n) is 16.0. The van der Waals surface area contributed by atoms with Gasteiger partial charge in [0.15, 0.2) is 11.6 Å². The molecule has 0 amide bonds. The largest absolute Gasteiger partial charge is 0.367 e. The Hall–Kier alpha value is -4.80. The summed E-state index contributed by atoms with van der Waals surface area (Å²) in [7, 11) is 0. The van der Waals surface area contributed by atoms with Crippen molar-refractivity contribution >= 4 is 33.4 Å². The third-order valence-electron chi connectivity index (χ3n) is 12.6. The van der Waals surface area contributed by atoms with Gasteiger partial charge in [0, 0.05) is 18.8 Å². The first-order valence-electron chi connectivity index (χ1n) is 20.1. The summed E-state index contributed by atoms with van der Waals surface area (Å²) in [6.45, 7) is 3.30. The molecule has 4 aliphatic rings. The number of rotatable bonds is 8. The summed E-state index contributed by atoms with van der Waals surface area (Å²) in [6.07, 6.45) is 8.96. The summed E-state index contributed by atoms with van der Waals surface area (Å²) in [5.41, 5.74) is 8.09. The molecule has 2 aromatic heterocycles. The number of aromatic nitrogens is 4. The summed E-state index contributed by atoms with van der Waals surface area (Å²) in [4.78, 5) is 21.2. The van der Waals surface area contributed by atoms with Crippen LogP contribution in [-0.4, -0.2) is 46.1 Å². The molecule has 0 aliphatic carbocycles. The number of nitrogens with one attached hydrogen (secondary N) is 4. The maximum atomic E-state index is 16.4. The summed E-state index contributed by atoms with van der Waals surface area (Å²) in [6, 6.07) is 26.9. The topological polar surface area (TPSA) is 87.9 Å². The Kier molecular flexibility index (Phi) is 8.83. The predicted molar refractivity (Wildman–Crippen MR) is 211 cm³/mol. The van der Waals surface area contributed by atoms with Gasteiger partial charge >= 0.3 is 0 Å². The Balaban J connectivity index is 0.974. The van der Waals surface area contributed by atoms with Crippen molar-refractivity contribution in [3.63, 3.8) is 0 Å². The van der Waals surface area contributed by atoms with E-state index in [1.807, 2.05) is 11.0 Å². The zero-order valence-corrected chi connectivity index (χ0v) is 30.6. The maximum Gasteiger partial charge on any atom is 0.151 e. The van der Waals surface area contributed by atoms with E-state index < -0.39 is 11.6 Å². The molecule has 8 nitrogen and oxygen atoms in total. The highest BCUT2D eigenvalue weighted by molar-refractivity contribution is 5.78. The van der Waals surface area contributed by atoms with E-state index in [0.29, 0.717) is 24.7 Å². The molecule has 0 saturated carbocycles. The molecule has 6 heterocycles. The van der Waals surface area contributed by atoms with Crippen LogP contribution >= 0.6 is 0 Å². The molecule has 10 rings (SSSR count). The molecule has 4 atom stereocenters. The number of fused-ring (bicyclic) bond motifs is 2. The van der Waals surface area contributed by atoms with E-state index in [2.05, 4.69) is 86.2 Å². The Morgan fingerprint density at radius 2 is 1.19 bits per heavy atom. The Morgan fingerprint density at radius 3 is 1.70 bits per heavy atom. The predicted octanol–water partition coefficient (Wildman–Crippen LogP) is 9.11. The molecule has 0 radical (unpaired) electrons. The molecule has 0 bridgehead atoms. The number of hydrogen-bond acceptors (Lipinski definition) is 6. The number of aromatic amines is 2. The lowest BCUT2D eigenvalue weighted by atomic mass is 9.90. The molecular weight excluding hydrogens is 679 g/mol. The minimum absolute atomic E-state index is 0.0788. The molecule has 10 heteroatoms. The number of nitrogens with zero attached hydrogens (tertiary/aromatic N) is 4. The van der Waals surface area contributed by atoms with E-state index in [-0.39, 0.29) is 29.9 Å². The molecule has 278 valence electrons. The van der Waals surface area contributed by atoms with Crippen molar-refractivity contribution in [1.82, 2.24) is 30.6 Å². The fraction of sp³-hybridized carbons (Fsp3) is 0.409. The number of anilines is 2. The van der Waals surface area contributed by atoms with Gasteiger partial charge in [-0.1, -0.05) is 42.5 Å². The molecule has 4 saturated heterocycles. The number of halogens is 2. The number of benzene rings is 4. The minimum atomic E-state index is -0.494. The normalized spacial score (nSPS) is 23.7. The van der Waals surface area contributed by atoms with Gasteiger partial charge in [-0.3, -0.25) is 0 Å². The van der Waals surface area contributed by atoms with Crippen LogP contribution in [0, 0.1) is 17.6 Å². The van der Waals surface area contributed by atoms with Crippen LogP contribution in [0.25, 0.3) is 22.1 Å². The van der Waals surface area contributed by atoms with Gasteiger partial charge in [-0.05, 0) is 130 Å². The van der Waals surface area contributed by atoms with E-state index in [9.17, 15) is 0 Å². The standard InChI is InChI=1S/C44H48F2N8/c45-32-25-31(26-33(46)42(32)53-20-16-28(17-21-53)22-27-6-2-1-3-7-27)54-40(29-10-12-34-38(23-29)51-43(49-34)36-8-4-18-47-36)14-15-41(54)30-11-13-35-39(24-30)52-44(50-35)37-9-5-19-48-37/h1-3,6-7,10-13,23-26,28,36-37,40-41,47-48H,4-5,8-9,14-22H2,(H,49,51)(H,50,52)/t36-,37-,40+,41+/m0/s1. The van der Waals surface area contributed by atoms with Gasteiger partial charge in [0.25, 0.3) is 0 Å². The van der Waals surface area contributed by atoms with Gasteiger partial charge < -0.3 is 30.4 Å². The average molecular weight is 727 g/mol. The highest BCUT2D eigenvalue weighted by atomic mass is 19.1. The summed E-state index contributed by atoms with van der Waals surface area (Å²) < 4.78 is 32.8. The van der Waals surface area contributed by atoms with Crippen LogP contribution < -0.4 is 20.4 Å². The number of imidazole rings is 2. The number of piperidine rings is 1. The first kappa shape index (κ1) is 33.7. The summed E-state index contributed by atoms with van der Waals surface area (Å²) >= 11 is 0. The number of hydrogen-bond donors (Lipinski definition) is 4. The van der Waals surface area contributed by atoms with Crippen LogP contribution in [0.3, 0.4) is 0 Å². The van der Waals surface area contributed by atoms with Crippen LogP contribution in [0.4, 0.5) is 20.2 Å². The number of H-pyrrole nitrogens is 2. The van der Waals surface area contributed by atoms with E-state index in [0.717, 1.165) is 116 Å². The van der Waals surface area contributed by atoms with Gasteiger partial charge in [-0.2, -0.15) is 0 Å². The molecule has 6 aromatic rings. The molecule has 4 N–H and O–H groups in total. The molecule has 54 heavy (non-hydrogen) atoms. The fourth-order valence-corrected chi connectivity index (χ4v) is 9.81. The third-order valence-corrected chi connectivity index (χ3v) is 12.6. The maximum absolute atomic E-state index is 16.4. The van der Waals surface area contributed by atoms with Crippen LogP contribution in [0.1, 0.15) is 104 Å². The SMILES string of the molecule is Fc1cc(N2[C@@H](c3ccc4nc([C@@H]5CCCN5)[nH]c4c3)CC[C@@H]2c2ccc3nc([C@@H]4CCCN4)[nH]c3c2)cc(F)c1N1CCC(Cc2ccccc2)CC1. The fourth-order valence-electron chi connectivity index (χ4n) is 9.81. The van der Waals surface area contributed by atoms with Crippen molar-refractivity contribution in [2.45, 2.75) is 82.0 Å². The van der Waals surface area contributed by atoms with E-state index in [1.165, 1.54) is 5.56 Å². The zero-order valence-electron chi connectivity index (χ0n) is 30.6. The Bertz CT molecular complexity index is 2140. The van der Waals surface area contributed by atoms with Crippen molar-refractivity contribution < 1.29 is 8.78 Å². The van der Waals surface area contributed by atoms with Crippen molar-refractivity contribution in [2.24, 2.45) is 5.92 Å². The van der Waals surface area contributed by atoms with Crippen LogP contribution in [-0.2, 0) is 6.42 Å². The summed E-state index contributed by atoms with van der Waals surface area (Å²) in [5.74, 6) is 1.47. The first-order valence-corrected chi connectivity index (χ1v) is 20.1. The lowest BCUT2D eigenvalue weighted by molar-refractivity contribution is 0.397. The molecule has 0 spiro atoms. The van der Waals surface area contributed by atoms with Gasteiger partial charge in [0.1, 0.15) is 17.3 Å². The quantitative estimate of drug-likeness (QED) is 0.125. The van der Waals surface area contributed by atoms with Crippen molar-refractivity contribution in [3.8, 4) is 0 Å². The van der Waals surface area contributed by atoms with Crippen molar-refractivity contribution in [1.29, 1.82) is 0 Å². The van der Waals surface area contributed by atoms with Crippen molar-refractivity contribution in [2.75, 3.05) is 36.0 Å². The molecule has 0 unspecified atom stereocenters. The second kappa shape index (κ2) is 14.1. The first-order chi connectivity index (χ1) is 26.5. The molecular formula is C44H48F2N8. The highest BCUT2D eigenvalue weighted by Gasteiger charge is 2.37. The van der Waals surface area contributed by atoms with Gasteiger partial charge in [-0.15, -0.1) is 0 Å². The lowest BCUT2D eigenvalue weighted by Gasteiger charge is -2.36. The zero-order chi connectivity index (χ0) is 36.2.